The predicted molar refractivity (Wildman–Crippen MR) is 99.7 cm³/mol. The number of amides is 1. The highest BCUT2D eigenvalue weighted by Gasteiger charge is 2.44. The number of aromatic nitrogens is 1. The number of carbonyl (C=O) groups excluding carboxylic acids is 1. The van der Waals surface area contributed by atoms with Gasteiger partial charge in [-0.25, -0.2) is 4.98 Å². The monoisotopic (exact) mass is 340 g/mol. The molecule has 0 atom stereocenters. The van der Waals surface area contributed by atoms with Crippen LogP contribution in [0.1, 0.15) is 47.7 Å². The van der Waals surface area contributed by atoms with Crippen LogP contribution in [0.2, 0.25) is 0 Å². The smallest absolute Gasteiger partial charge is 0.254 e. The zero-order valence-corrected chi connectivity index (χ0v) is 15.2. The maximum Gasteiger partial charge on any atom is 0.254 e. The molecule has 126 valence electrons. The molecule has 1 aromatic heterocycles. The molecule has 1 aliphatic carbocycles. The lowest BCUT2D eigenvalue weighted by molar-refractivity contribution is 0.0946. The first kappa shape index (κ1) is 17.0. The van der Waals surface area contributed by atoms with E-state index in [1.807, 2.05) is 12.1 Å². The molecule has 1 N–H and O–H groups in total. The maximum atomic E-state index is 12.6. The molecule has 0 spiro atoms. The van der Waals surface area contributed by atoms with Crippen LogP contribution in [0.4, 0.5) is 0 Å². The van der Waals surface area contributed by atoms with E-state index in [1.54, 1.807) is 18.0 Å². The van der Waals surface area contributed by atoms with Crippen molar-refractivity contribution in [3.63, 3.8) is 0 Å². The SMILES string of the molecule is CCCSc1ncccc1C(=O)NCC1(c2ccc(C)cc2)CC1. The number of carbonyl (C=O) groups is 1. The third-order valence-corrected chi connectivity index (χ3v) is 5.77. The van der Waals surface area contributed by atoms with Crippen molar-refractivity contribution < 1.29 is 4.79 Å². The number of thioether (sulfide) groups is 1. The average Bonchev–Trinajstić information content (AvgIpc) is 3.40. The van der Waals surface area contributed by atoms with Crippen molar-refractivity contribution in [1.29, 1.82) is 0 Å². The second-order valence-corrected chi connectivity index (χ2v) is 7.62. The fourth-order valence-corrected chi connectivity index (χ4v) is 3.70. The standard InChI is InChI=1S/C20H24N2OS/c1-3-13-24-19-17(5-4-12-21-19)18(23)22-14-20(10-11-20)16-8-6-15(2)7-9-16/h4-9,12H,3,10-11,13-14H2,1-2H3,(H,22,23). The number of hydrogen-bond acceptors (Lipinski definition) is 3. The Bertz CT molecular complexity index is 708. The molecule has 0 radical (unpaired) electrons. The van der Waals surface area contributed by atoms with Gasteiger partial charge in [-0.1, -0.05) is 36.8 Å². The fourth-order valence-electron chi connectivity index (χ4n) is 2.85. The molecule has 1 saturated carbocycles. The number of pyridine rings is 1. The summed E-state index contributed by atoms with van der Waals surface area (Å²) >= 11 is 1.65. The molecular weight excluding hydrogens is 316 g/mol. The van der Waals surface area contributed by atoms with Crippen LogP contribution in [-0.2, 0) is 5.41 Å². The van der Waals surface area contributed by atoms with Gasteiger partial charge in [0, 0.05) is 18.2 Å². The van der Waals surface area contributed by atoms with E-state index in [2.05, 4.69) is 48.4 Å². The molecule has 1 aromatic carbocycles. The van der Waals surface area contributed by atoms with Gasteiger partial charge in [0.2, 0.25) is 0 Å². The van der Waals surface area contributed by atoms with E-state index in [4.69, 9.17) is 0 Å². The Kier molecular flexibility index (Phi) is 5.24. The van der Waals surface area contributed by atoms with Crippen molar-refractivity contribution in [3.05, 3.63) is 59.3 Å². The summed E-state index contributed by atoms with van der Waals surface area (Å²) in [6, 6.07) is 12.4. The van der Waals surface area contributed by atoms with E-state index in [1.165, 1.54) is 11.1 Å². The van der Waals surface area contributed by atoms with E-state index in [0.29, 0.717) is 12.1 Å². The van der Waals surface area contributed by atoms with Gasteiger partial charge in [0.25, 0.3) is 5.91 Å². The summed E-state index contributed by atoms with van der Waals surface area (Å²) in [6.45, 7) is 4.93. The van der Waals surface area contributed by atoms with E-state index in [9.17, 15) is 4.79 Å². The molecule has 1 aliphatic rings. The van der Waals surface area contributed by atoms with Crippen LogP contribution < -0.4 is 5.32 Å². The minimum Gasteiger partial charge on any atom is -0.351 e. The molecule has 0 bridgehead atoms. The molecule has 3 nitrogen and oxygen atoms in total. The Morgan fingerprint density at radius 2 is 2.00 bits per heavy atom. The Labute approximate surface area is 148 Å². The van der Waals surface area contributed by atoms with Gasteiger partial charge in [0.1, 0.15) is 5.03 Å². The van der Waals surface area contributed by atoms with Crippen LogP contribution >= 0.6 is 11.8 Å². The predicted octanol–water partition coefficient (Wildman–Crippen LogP) is 4.35. The average molecular weight is 340 g/mol. The number of nitrogens with zero attached hydrogens (tertiary/aromatic N) is 1. The van der Waals surface area contributed by atoms with E-state index in [0.717, 1.165) is 30.0 Å². The number of rotatable bonds is 7. The van der Waals surface area contributed by atoms with Crippen LogP contribution in [0.3, 0.4) is 0 Å². The maximum absolute atomic E-state index is 12.6. The second kappa shape index (κ2) is 7.39. The Morgan fingerprint density at radius 3 is 2.67 bits per heavy atom. The van der Waals surface area contributed by atoms with Crippen molar-refractivity contribution in [2.75, 3.05) is 12.3 Å². The first-order valence-electron chi connectivity index (χ1n) is 8.58. The van der Waals surface area contributed by atoms with Gasteiger partial charge in [-0.05, 0) is 49.6 Å². The highest BCUT2D eigenvalue weighted by atomic mass is 32.2. The minimum absolute atomic E-state index is 0.0138. The summed E-state index contributed by atoms with van der Waals surface area (Å²) in [5.74, 6) is 0.963. The first-order valence-corrected chi connectivity index (χ1v) is 9.56. The molecule has 4 heteroatoms. The summed E-state index contributed by atoms with van der Waals surface area (Å²) in [5.41, 5.74) is 3.42. The Balaban J connectivity index is 1.67. The zero-order valence-electron chi connectivity index (χ0n) is 14.3. The van der Waals surface area contributed by atoms with Crippen molar-refractivity contribution >= 4 is 17.7 Å². The van der Waals surface area contributed by atoms with Gasteiger partial charge in [-0.3, -0.25) is 4.79 Å². The quantitative estimate of drug-likeness (QED) is 0.762. The van der Waals surface area contributed by atoms with Crippen molar-refractivity contribution in [2.45, 2.75) is 43.6 Å². The van der Waals surface area contributed by atoms with Crippen LogP contribution in [0.15, 0.2) is 47.6 Å². The number of hydrogen-bond donors (Lipinski definition) is 1. The summed E-state index contributed by atoms with van der Waals surface area (Å²) in [6.07, 6.45) is 5.10. The largest absolute Gasteiger partial charge is 0.351 e. The Morgan fingerprint density at radius 1 is 1.25 bits per heavy atom. The fraction of sp³-hybridized carbons (Fsp3) is 0.400. The molecule has 0 unspecified atom stereocenters. The van der Waals surface area contributed by atoms with Crippen molar-refractivity contribution in [2.24, 2.45) is 0 Å². The van der Waals surface area contributed by atoms with Crippen molar-refractivity contribution in [1.82, 2.24) is 10.3 Å². The van der Waals surface area contributed by atoms with E-state index >= 15 is 0 Å². The normalized spacial score (nSPS) is 15.1. The molecule has 1 fully saturated rings. The topological polar surface area (TPSA) is 42.0 Å². The van der Waals surface area contributed by atoms with Gasteiger partial charge >= 0.3 is 0 Å². The summed E-state index contributed by atoms with van der Waals surface area (Å²) in [5, 5.41) is 3.97. The lowest BCUT2D eigenvalue weighted by Gasteiger charge is -2.17. The van der Waals surface area contributed by atoms with E-state index < -0.39 is 0 Å². The highest BCUT2D eigenvalue weighted by molar-refractivity contribution is 7.99. The zero-order chi connectivity index (χ0) is 17.0. The molecular formula is C20H24N2OS. The van der Waals surface area contributed by atoms with Crippen molar-refractivity contribution in [3.8, 4) is 0 Å². The van der Waals surface area contributed by atoms with Gasteiger partial charge in [-0.2, -0.15) is 0 Å². The van der Waals surface area contributed by atoms with Crippen LogP contribution in [-0.4, -0.2) is 23.2 Å². The second-order valence-electron chi connectivity index (χ2n) is 6.53. The lowest BCUT2D eigenvalue weighted by Crippen LogP contribution is -2.32. The Hall–Kier alpha value is -1.81. The van der Waals surface area contributed by atoms with Crippen LogP contribution in [0.5, 0.6) is 0 Å². The number of nitrogens with one attached hydrogen (secondary N) is 1. The molecule has 0 aliphatic heterocycles. The third-order valence-electron chi connectivity index (χ3n) is 4.56. The van der Waals surface area contributed by atoms with Gasteiger partial charge in [0.05, 0.1) is 5.56 Å². The summed E-state index contributed by atoms with van der Waals surface area (Å²) in [4.78, 5) is 17.0. The van der Waals surface area contributed by atoms with Crippen LogP contribution in [0, 0.1) is 6.92 Å². The molecule has 1 heterocycles. The van der Waals surface area contributed by atoms with Gasteiger partial charge in [0.15, 0.2) is 0 Å². The summed E-state index contributed by atoms with van der Waals surface area (Å²) in [7, 11) is 0. The third kappa shape index (κ3) is 3.81. The summed E-state index contributed by atoms with van der Waals surface area (Å²) < 4.78 is 0. The van der Waals surface area contributed by atoms with E-state index in [-0.39, 0.29) is 11.3 Å². The highest BCUT2D eigenvalue weighted by Crippen LogP contribution is 2.47. The van der Waals surface area contributed by atoms with Gasteiger partial charge in [-0.15, -0.1) is 11.8 Å². The number of aryl methyl sites for hydroxylation is 1. The molecule has 0 saturated heterocycles. The van der Waals surface area contributed by atoms with Crippen LogP contribution in [0.25, 0.3) is 0 Å². The molecule has 24 heavy (non-hydrogen) atoms. The minimum atomic E-state index is -0.0138. The van der Waals surface area contributed by atoms with Gasteiger partial charge < -0.3 is 5.32 Å². The number of benzene rings is 1. The molecule has 1 amide bonds. The lowest BCUT2D eigenvalue weighted by atomic mass is 9.95. The molecule has 3 rings (SSSR count). The first-order chi connectivity index (χ1) is 11.6. The molecule has 2 aromatic rings.